The highest BCUT2D eigenvalue weighted by Gasteiger charge is 2.47. The molecule has 9 heteroatoms. The number of rotatable bonds is 1. The number of hydrogen-bond acceptors (Lipinski definition) is 4. The number of ether oxygens (including phenoxy) is 1. The number of halogens is 2. The van der Waals surface area contributed by atoms with Crippen LogP contribution >= 0.6 is 0 Å². The predicted molar refractivity (Wildman–Crippen MR) is 144 cm³/mol. The van der Waals surface area contributed by atoms with Gasteiger partial charge >= 0.3 is 0 Å². The highest BCUT2D eigenvalue weighted by molar-refractivity contribution is 5.98. The van der Waals surface area contributed by atoms with E-state index in [0.29, 0.717) is 0 Å². The van der Waals surface area contributed by atoms with Crippen LogP contribution in [0, 0.1) is 5.41 Å². The molecule has 0 bridgehead atoms. The largest absolute Gasteiger partial charge is 0.491 e. The summed E-state index contributed by atoms with van der Waals surface area (Å²) in [5.41, 5.74) is 0.846. The van der Waals surface area contributed by atoms with E-state index in [2.05, 4.69) is 46.5 Å². The number of amides is 3. The number of alkyl halides is 2. The Labute approximate surface area is 224 Å². The lowest BCUT2D eigenvalue weighted by atomic mass is 9.65. The van der Waals surface area contributed by atoms with Gasteiger partial charge in [-0.25, -0.2) is 8.78 Å². The number of nitrogens with one attached hydrogen (secondary N) is 1. The summed E-state index contributed by atoms with van der Waals surface area (Å²) in [5, 5.41) is 2.63. The van der Waals surface area contributed by atoms with Gasteiger partial charge in [0.25, 0.3) is 11.8 Å². The second kappa shape index (κ2) is 11.7. The van der Waals surface area contributed by atoms with Crippen LogP contribution in [0.1, 0.15) is 70.8 Å². The number of hydrogen-bond donors (Lipinski definition) is 1. The Morgan fingerprint density at radius 2 is 1.71 bits per heavy atom. The maximum atomic E-state index is 14.3. The first-order valence-corrected chi connectivity index (χ1v) is 12.9. The van der Waals surface area contributed by atoms with Crippen LogP contribution < -0.4 is 10.1 Å². The molecular weight excluding hydrogens is 492 g/mol. The van der Waals surface area contributed by atoms with Gasteiger partial charge in [0.2, 0.25) is 11.8 Å². The number of carbonyl (C=O) groups excluding carboxylic acids is 3. The highest BCUT2D eigenvalue weighted by Crippen LogP contribution is 2.42. The van der Waals surface area contributed by atoms with E-state index in [9.17, 15) is 23.2 Å². The minimum absolute atomic E-state index is 0.127. The molecule has 1 aromatic rings. The average Bonchev–Trinajstić information content (AvgIpc) is 3.15. The predicted octanol–water partition coefficient (Wildman–Crippen LogP) is 4.92. The summed E-state index contributed by atoms with van der Waals surface area (Å²) in [6, 6.07) is 4.32. The van der Waals surface area contributed by atoms with Gasteiger partial charge in [0.05, 0.1) is 24.7 Å². The molecule has 0 spiro atoms. The number of carbonyl (C=O) groups is 3. The van der Waals surface area contributed by atoms with Crippen molar-refractivity contribution in [3.8, 4) is 5.75 Å². The van der Waals surface area contributed by atoms with Gasteiger partial charge in [-0.15, -0.1) is 0 Å². The Bertz CT molecular complexity index is 1110. The Morgan fingerprint density at radius 3 is 2.32 bits per heavy atom. The molecule has 0 saturated carbocycles. The van der Waals surface area contributed by atoms with E-state index in [1.54, 1.807) is 12.1 Å². The van der Waals surface area contributed by atoms with Crippen LogP contribution in [0.15, 0.2) is 42.6 Å². The molecule has 2 heterocycles. The monoisotopic (exact) mass is 533 g/mol. The van der Waals surface area contributed by atoms with Crippen molar-refractivity contribution in [1.29, 1.82) is 0 Å². The van der Waals surface area contributed by atoms with Crippen molar-refractivity contribution in [1.82, 2.24) is 15.1 Å². The van der Waals surface area contributed by atoms with Crippen LogP contribution in [0.2, 0.25) is 0 Å². The molecule has 3 amide bonds. The lowest BCUT2D eigenvalue weighted by Gasteiger charge is -2.39. The molecule has 7 nitrogen and oxygen atoms in total. The standard InChI is InChI=1S/C27H35F2N3O4.C2H6/c1-17-8-11-22(33)31(7)14-23(34)32-16-27(28,29)13-19(32)15-36-21-12-18(26(5,6)25(2,3)4)9-10-20(21)24(35)30-17;1-2/h8-12,19H,1,13-16H2,2-7H3,(H,30,35);1-2H3/b11-8+;/t19-;/m0./s1. The molecule has 0 aliphatic carbocycles. The molecule has 3 rings (SSSR count). The van der Waals surface area contributed by atoms with E-state index in [1.807, 2.05) is 19.9 Å². The van der Waals surface area contributed by atoms with Crippen molar-refractivity contribution in [2.75, 3.05) is 26.7 Å². The normalized spacial score (nSPS) is 21.7. The summed E-state index contributed by atoms with van der Waals surface area (Å²) in [4.78, 5) is 40.5. The van der Waals surface area contributed by atoms with Gasteiger partial charge in [0.15, 0.2) is 0 Å². The smallest absolute Gasteiger partial charge is 0.267 e. The molecule has 0 aromatic heterocycles. The molecule has 38 heavy (non-hydrogen) atoms. The minimum atomic E-state index is -3.08. The Kier molecular flexibility index (Phi) is 9.51. The van der Waals surface area contributed by atoms with Gasteiger partial charge in [-0.1, -0.05) is 61.1 Å². The second-order valence-electron chi connectivity index (χ2n) is 11.1. The fourth-order valence-corrected chi connectivity index (χ4v) is 4.10. The van der Waals surface area contributed by atoms with Gasteiger partial charge in [-0.05, 0) is 34.6 Å². The first-order valence-electron chi connectivity index (χ1n) is 12.9. The molecular formula is C29H41F2N3O4. The van der Waals surface area contributed by atoms with E-state index in [-0.39, 0.29) is 41.0 Å². The zero-order chi connectivity index (χ0) is 29.1. The van der Waals surface area contributed by atoms with Crippen molar-refractivity contribution in [2.45, 2.75) is 72.3 Å². The van der Waals surface area contributed by atoms with Gasteiger partial charge in [-0.2, -0.15) is 0 Å². The van der Waals surface area contributed by atoms with Crippen molar-refractivity contribution in [3.05, 3.63) is 53.8 Å². The summed E-state index contributed by atoms with van der Waals surface area (Å²) in [6.45, 7) is 16.9. The van der Waals surface area contributed by atoms with Crippen molar-refractivity contribution < 1.29 is 27.9 Å². The summed E-state index contributed by atoms with van der Waals surface area (Å²) < 4.78 is 34.7. The summed E-state index contributed by atoms with van der Waals surface area (Å²) in [7, 11) is 1.40. The third-order valence-corrected chi connectivity index (χ3v) is 7.40. The number of allylic oxidation sites excluding steroid dienone is 1. The zero-order valence-corrected chi connectivity index (χ0v) is 23.8. The third-order valence-electron chi connectivity index (χ3n) is 7.40. The minimum Gasteiger partial charge on any atom is -0.491 e. The van der Waals surface area contributed by atoms with Gasteiger partial charge < -0.3 is 19.9 Å². The first-order chi connectivity index (χ1) is 17.5. The van der Waals surface area contributed by atoms with Gasteiger partial charge in [-0.3, -0.25) is 14.4 Å². The van der Waals surface area contributed by atoms with Crippen molar-refractivity contribution in [3.63, 3.8) is 0 Å². The molecule has 0 radical (unpaired) electrons. The fourth-order valence-electron chi connectivity index (χ4n) is 4.10. The molecule has 1 aromatic carbocycles. The summed E-state index contributed by atoms with van der Waals surface area (Å²) >= 11 is 0. The first kappa shape index (κ1) is 31.0. The van der Waals surface area contributed by atoms with E-state index < -0.39 is 42.7 Å². The highest BCUT2D eigenvalue weighted by atomic mass is 19.3. The summed E-state index contributed by atoms with van der Waals surface area (Å²) in [5.74, 6) is -4.49. The fraction of sp³-hybridized carbons (Fsp3) is 0.552. The number of fused-ring (bicyclic) bond motifs is 2. The topological polar surface area (TPSA) is 79.0 Å². The van der Waals surface area contributed by atoms with E-state index in [4.69, 9.17) is 4.74 Å². The Morgan fingerprint density at radius 1 is 1.08 bits per heavy atom. The molecule has 1 saturated heterocycles. The van der Waals surface area contributed by atoms with E-state index in [0.717, 1.165) is 21.4 Å². The second-order valence-corrected chi connectivity index (χ2v) is 11.1. The van der Waals surface area contributed by atoms with E-state index in [1.165, 1.54) is 13.1 Å². The van der Waals surface area contributed by atoms with Gasteiger partial charge in [0.1, 0.15) is 12.4 Å². The quantitative estimate of drug-likeness (QED) is 0.556. The molecule has 0 unspecified atom stereocenters. The van der Waals surface area contributed by atoms with E-state index >= 15 is 0 Å². The maximum Gasteiger partial charge on any atom is 0.267 e. The average molecular weight is 534 g/mol. The number of likely N-dealkylation sites (N-methyl/N-ethyl adjacent to an activating group) is 1. The maximum absolute atomic E-state index is 14.3. The number of nitrogens with zero attached hydrogens (tertiary/aromatic N) is 2. The Hall–Kier alpha value is -3.23. The van der Waals surface area contributed by atoms with Crippen LogP contribution in [-0.2, 0) is 15.0 Å². The lowest BCUT2D eigenvalue weighted by molar-refractivity contribution is -0.139. The van der Waals surface area contributed by atoms with Crippen LogP contribution in [0.4, 0.5) is 8.78 Å². The van der Waals surface area contributed by atoms with Crippen molar-refractivity contribution in [2.24, 2.45) is 5.41 Å². The van der Waals surface area contributed by atoms with Crippen LogP contribution in [0.3, 0.4) is 0 Å². The Balaban J connectivity index is 0.00000247. The van der Waals surface area contributed by atoms with Crippen LogP contribution in [0.5, 0.6) is 5.75 Å². The molecule has 1 atom stereocenters. The third kappa shape index (κ3) is 6.99. The van der Waals surface area contributed by atoms with Crippen LogP contribution in [-0.4, -0.2) is 66.2 Å². The molecule has 210 valence electrons. The number of benzene rings is 1. The summed E-state index contributed by atoms with van der Waals surface area (Å²) in [6.07, 6.45) is 1.92. The molecule has 2 aliphatic heterocycles. The zero-order valence-electron chi connectivity index (χ0n) is 23.8. The van der Waals surface area contributed by atoms with Crippen LogP contribution in [0.25, 0.3) is 0 Å². The SMILES string of the molecule is C=C1/C=C/C(=O)N(C)CC(=O)N2CC(F)(F)C[C@H]2COc2cc(C(C)(C)C(C)(C)C)ccc2C(=O)N1.CC. The lowest BCUT2D eigenvalue weighted by Crippen LogP contribution is -2.45. The molecule has 1 N–H and O–H groups in total. The molecule has 1 fully saturated rings. The van der Waals surface area contributed by atoms with Crippen molar-refractivity contribution >= 4 is 17.7 Å². The molecule has 2 aliphatic rings. The van der Waals surface area contributed by atoms with Gasteiger partial charge in [0, 0.05) is 25.2 Å².